The molecule has 15 heavy (non-hydrogen) atoms. The van der Waals surface area contributed by atoms with Crippen molar-refractivity contribution in [1.29, 1.82) is 0 Å². The lowest BCUT2D eigenvalue weighted by molar-refractivity contribution is -0.129. The second-order valence-electron chi connectivity index (χ2n) is 4.94. The van der Waals surface area contributed by atoms with Crippen LogP contribution in [0.15, 0.2) is 0 Å². The second-order valence-corrected chi connectivity index (χ2v) is 4.94. The van der Waals surface area contributed by atoms with Crippen LogP contribution in [-0.2, 0) is 4.79 Å². The number of carbonyl (C=O) groups is 1. The van der Waals surface area contributed by atoms with Crippen molar-refractivity contribution >= 4 is 5.91 Å². The van der Waals surface area contributed by atoms with E-state index in [1.165, 1.54) is 32.1 Å². The van der Waals surface area contributed by atoms with Crippen LogP contribution < -0.4 is 5.32 Å². The number of nitrogens with one attached hydrogen (secondary N) is 1. The van der Waals surface area contributed by atoms with Gasteiger partial charge in [0.05, 0.1) is 6.54 Å². The molecule has 0 aromatic heterocycles. The first kappa shape index (κ1) is 10.9. The van der Waals surface area contributed by atoms with E-state index in [0.717, 1.165) is 19.0 Å². The highest BCUT2D eigenvalue weighted by Gasteiger charge is 2.27. The van der Waals surface area contributed by atoms with Gasteiger partial charge < -0.3 is 10.2 Å². The summed E-state index contributed by atoms with van der Waals surface area (Å²) in [7, 11) is 0. The van der Waals surface area contributed by atoms with Crippen LogP contribution in [0, 0.1) is 5.92 Å². The van der Waals surface area contributed by atoms with E-state index in [1.807, 2.05) is 4.90 Å². The summed E-state index contributed by atoms with van der Waals surface area (Å²) in [5.41, 5.74) is 0. The van der Waals surface area contributed by atoms with Crippen molar-refractivity contribution in [2.75, 3.05) is 19.6 Å². The van der Waals surface area contributed by atoms with Gasteiger partial charge in [-0.15, -0.1) is 0 Å². The van der Waals surface area contributed by atoms with Crippen molar-refractivity contribution in [2.45, 2.75) is 45.1 Å². The van der Waals surface area contributed by atoms with Gasteiger partial charge in [-0.2, -0.15) is 0 Å². The maximum absolute atomic E-state index is 11.8. The van der Waals surface area contributed by atoms with Gasteiger partial charge in [0.15, 0.2) is 0 Å². The number of hydrogen-bond acceptors (Lipinski definition) is 2. The third-order valence-corrected chi connectivity index (χ3v) is 3.45. The lowest BCUT2D eigenvalue weighted by Gasteiger charge is -2.16. The number of amides is 1. The Labute approximate surface area is 92.2 Å². The smallest absolute Gasteiger partial charge is 0.236 e. The van der Waals surface area contributed by atoms with Crippen LogP contribution in [0.3, 0.4) is 0 Å². The monoisotopic (exact) mass is 210 g/mol. The van der Waals surface area contributed by atoms with Crippen LogP contribution in [0.2, 0.25) is 0 Å². The van der Waals surface area contributed by atoms with Crippen LogP contribution in [0.25, 0.3) is 0 Å². The van der Waals surface area contributed by atoms with Gasteiger partial charge in [-0.1, -0.05) is 13.3 Å². The molecule has 3 nitrogen and oxygen atoms in total. The molecule has 1 saturated carbocycles. The van der Waals surface area contributed by atoms with Crippen LogP contribution >= 0.6 is 0 Å². The molecular formula is C12H22N2O. The largest absolute Gasteiger partial charge is 0.341 e. The van der Waals surface area contributed by atoms with Gasteiger partial charge >= 0.3 is 0 Å². The number of carbonyl (C=O) groups excluding carboxylic acids is 1. The Bertz CT molecular complexity index is 226. The highest BCUT2D eigenvalue weighted by atomic mass is 16.2. The fourth-order valence-electron chi connectivity index (χ4n) is 2.33. The molecule has 1 N–H and O–H groups in total. The Kier molecular flexibility index (Phi) is 3.62. The summed E-state index contributed by atoms with van der Waals surface area (Å²) in [6, 6.07) is 0.642. The fourth-order valence-corrected chi connectivity index (χ4v) is 2.33. The normalized spacial score (nSPS) is 25.9. The molecule has 0 aromatic carbocycles. The van der Waals surface area contributed by atoms with Crippen LogP contribution in [0.5, 0.6) is 0 Å². The Morgan fingerprint density at radius 1 is 1.40 bits per heavy atom. The average molecular weight is 210 g/mol. The maximum Gasteiger partial charge on any atom is 0.236 e. The number of rotatable bonds is 5. The van der Waals surface area contributed by atoms with Crippen molar-refractivity contribution in [3.05, 3.63) is 0 Å². The van der Waals surface area contributed by atoms with Gasteiger partial charge in [0.1, 0.15) is 0 Å². The lowest BCUT2D eigenvalue weighted by atomic mass is 10.0. The molecule has 1 heterocycles. The summed E-state index contributed by atoms with van der Waals surface area (Å²) in [4.78, 5) is 13.8. The van der Waals surface area contributed by atoms with E-state index in [0.29, 0.717) is 18.5 Å². The molecule has 1 aliphatic heterocycles. The lowest BCUT2D eigenvalue weighted by Crippen LogP contribution is -2.37. The van der Waals surface area contributed by atoms with Gasteiger partial charge in [-0.3, -0.25) is 4.79 Å². The van der Waals surface area contributed by atoms with Crippen LogP contribution in [0.1, 0.15) is 39.0 Å². The Morgan fingerprint density at radius 2 is 2.20 bits per heavy atom. The van der Waals surface area contributed by atoms with E-state index in [2.05, 4.69) is 12.2 Å². The highest BCUT2D eigenvalue weighted by Crippen LogP contribution is 2.21. The van der Waals surface area contributed by atoms with Crippen molar-refractivity contribution in [3.8, 4) is 0 Å². The zero-order valence-electron chi connectivity index (χ0n) is 9.67. The molecule has 3 heteroatoms. The summed E-state index contributed by atoms with van der Waals surface area (Å²) in [5, 5.41) is 3.29. The molecule has 0 aromatic rings. The molecule has 1 atom stereocenters. The molecule has 0 bridgehead atoms. The topological polar surface area (TPSA) is 32.3 Å². The van der Waals surface area contributed by atoms with E-state index >= 15 is 0 Å². The van der Waals surface area contributed by atoms with E-state index in [-0.39, 0.29) is 0 Å². The molecule has 2 rings (SSSR count). The standard InChI is InChI=1S/C12H22N2O/c1-2-3-10-6-7-14(9-10)12(15)8-13-11-4-5-11/h10-11,13H,2-9H2,1H3. The quantitative estimate of drug-likeness (QED) is 0.743. The Hall–Kier alpha value is -0.570. The predicted octanol–water partition coefficient (Wildman–Crippen LogP) is 1.39. The zero-order valence-corrected chi connectivity index (χ0v) is 9.67. The van der Waals surface area contributed by atoms with Crippen molar-refractivity contribution < 1.29 is 4.79 Å². The average Bonchev–Trinajstić information content (AvgIpc) is 2.94. The minimum atomic E-state index is 0.306. The van der Waals surface area contributed by atoms with Gasteiger partial charge in [0.2, 0.25) is 5.91 Å². The third-order valence-electron chi connectivity index (χ3n) is 3.45. The summed E-state index contributed by atoms with van der Waals surface area (Å²) in [6.45, 7) is 4.76. The number of hydrogen-bond donors (Lipinski definition) is 1. The molecule has 2 fully saturated rings. The predicted molar refractivity (Wildman–Crippen MR) is 60.6 cm³/mol. The Balaban J connectivity index is 1.67. The first-order chi connectivity index (χ1) is 7.29. The minimum Gasteiger partial charge on any atom is -0.341 e. The molecule has 0 spiro atoms. The zero-order chi connectivity index (χ0) is 10.7. The molecular weight excluding hydrogens is 188 g/mol. The second kappa shape index (κ2) is 4.97. The Morgan fingerprint density at radius 3 is 2.87 bits per heavy atom. The van der Waals surface area contributed by atoms with E-state index in [4.69, 9.17) is 0 Å². The van der Waals surface area contributed by atoms with E-state index in [9.17, 15) is 4.79 Å². The first-order valence-electron chi connectivity index (χ1n) is 6.30. The molecule has 86 valence electrons. The van der Waals surface area contributed by atoms with E-state index in [1.54, 1.807) is 0 Å². The SMILES string of the molecule is CCCC1CCN(C(=O)CNC2CC2)C1. The summed E-state index contributed by atoms with van der Waals surface area (Å²) in [5.74, 6) is 1.07. The highest BCUT2D eigenvalue weighted by molar-refractivity contribution is 5.78. The fraction of sp³-hybridized carbons (Fsp3) is 0.917. The first-order valence-corrected chi connectivity index (χ1v) is 6.30. The van der Waals surface area contributed by atoms with Gasteiger partial charge in [0.25, 0.3) is 0 Å². The molecule has 1 amide bonds. The number of likely N-dealkylation sites (tertiary alicyclic amines) is 1. The molecule has 2 aliphatic rings. The van der Waals surface area contributed by atoms with Gasteiger partial charge in [0, 0.05) is 19.1 Å². The summed E-state index contributed by atoms with van der Waals surface area (Å²) in [6.07, 6.45) is 6.24. The molecule has 1 aliphatic carbocycles. The third kappa shape index (κ3) is 3.20. The summed E-state index contributed by atoms with van der Waals surface area (Å²) < 4.78 is 0. The molecule has 1 unspecified atom stereocenters. The summed E-state index contributed by atoms with van der Waals surface area (Å²) >= 11 is 0. The van der Waals surface area contributed by atoms with Crippen molar-refractivity contribution in [2.24, 2.45) is 5.92 Å². The number of nitrogens with zero attached hydrogens (tertiary/aromatic N) is 1. The van der Waals surface area contributed by atoms with Crippen LogP contribution in [-0.4, -0.2) is 36.5 Å². The molecule has 1 saturated heterocycles. The van der Waals surface area contributed by atoms with E-state index < -0.39 is 0 Å². The van der Waals surface area contributed by atoms with Gasteiger partial charge in [-0.05, 0) is 31.6 Å². The van der Waals surface area contributed by atoms with Crippen molar-refractivity contribution in [3.63, 3.8) is 0 Å². The molecule has 0 radical (unpaired) electrons. The van der Waals surface area contributed by atoms with Crippen molar-refractivity contribution in [1.82, 2.24) is 10.2 Å². The van der Waals surface area contributed by atoms with Crippen LogP contribution in [0.4, 0.5) is 0 Å². The maximum atomic E-state index is 11.8. The minimum absolute atomic E-state index is 0.306. The van der Waals surface area contributed by atoms with Gasteiger partial charge in [-0.25, -0.2) is 0 Å².